The second kappa shape index (κ2) is 5.54. The highest BCUT2D eigenvalue weighted by Gasteiger charge is 2.24. The van der Waals surface area contributed by atoms with Gasteiger partial charge in [0.1, 0.15) is 10.6 Å². The van der Waals surface area contributed by atoms with E-state index < -0.39 is 0 Å². The van der Waals surface area contributed by atoms with Crippen LogP contribution >= 0.6 is 11.3 Å². The van der Waals surface area contributed by atoms with Gasteiger partial charge in [-0.25, -0.2) is 4.98 Å². The van der Waals surface area contributed by atoms with E-state index in [1.165, 1.54) is 4.88 Å². The van der Waals surface area contributed by atoms with Crippen LogP contribution in [0.3, 0.4) is 0 Å². The number of aliphatic hydroxyl groups is 1. The molecular formula is C14H20N4OS. The zero-order valence-corrected chi connectivity index (χ0v) is 12.6. The van der Waals surface area contributed by atoms with Gasteiger partial charge in [0.25, 0.3) is 0 Å². The summed E-state index contributed by atoms with van der Waals surface area (Å²) in [6, 6.07) is 2.20. The van der Waals surface area contributed by atoms with Crippen LogP contribution in [0.1, 0.15) is 30.6 Å². The molecule has 0 aromatic carbocycles. The van der Waals surface area contributed by atoms with Crippen LogP contribution in [0.4, 0.5) is 11.8 Å². The molecule has 1 saturated carbocycles. The third kappa shape index (κ3) is 2.58. The molecule has 2 heterocycles. The minimum absolute atomic E-state index is 0.0896. The standard InChI is InChI=1S/C14H20N4OS/c1-8-7-9-12(16-10-5-3-4-6-11(10)19)17-14(15-2)18-13(9)20-8/h7,10-11,19H,3-6H2,1-2H3,(H2,15,16,17,18). The Morgan fingerprint density at radius 1 is 1.30 bits per heavy atom. The number of nitrogens with zero attached hydrogens (tertiary/aromatic N) is 2. The van der Waals surface area contributed by atoms with Crippen molar-refractivity contribution < 1.29 is 5.11 Å². The maximum Gasteiger partial charge on any atom is 0.225 e. The van der Waals surface area contributed by atoms with Crippen molar-refractivity contribution in [3.05, 3.63) is 10.9 Å². The molecule has 3 N–H and O–H groups in total. The van der Waals surface area contributed by atoms with Crippen molar-refractivity contribution in [2.75, 3.05) is 17.7 Å². The molecule has 2 atom stereocenters. The zero-order chi connectivity index (χ0) is 14.1. The van der Waals surface area contributed by atoms with Gasteiger partial charge in [-0.05, 0) is 25.8 Å². The summed E-state index contributed by atoms with van der Waals surface area (Å²) < 4.78 is 0. The van der Waals surface area contributed by atoms with Gasteiger partial charge in [0.05, 0.1) is 17.5 Å². The van der Waals surface area contributed by atoms with Crippen molar-refractivity contribution in [3.63, 3.8) is 0 Å². The van der Waals surface area contributed by atoms with Crippen LogP contribution in [0.5, 0.6) is 0 Å². The van der Waals surface area contributed by atoms with Crippen LogP contribution in [-0.4, -0.2) is 34.3 Å². The molecule has 1 fully saturated rings. The summed E-state index contributed by atoms with van der Waals surface area (Å²) in [6.07, 6.45) is 3.84. The fourth-order valence-electron chi connectivity index (χ4n) is 2.72. The number of anilines is 2. The minimum atomic E-state index is -0.286. The first-order chi connectivity index (χ1) is 9.67. The number of nitrogens with one attached hydrogen (secondary N) is 2. The van der Waals surface area contributed by atoms with Gasteiger partial charge in [-0.2, -0.15) is 4.98 Å². The molecule has 3 rings (SSSR count). The van der Waals surface area contributed by atoms with Gasteiger partial charge in [-0.3, -0.25) is 0 Å². The van der Waals surface area contributed by atoms with Gasteiger partial charge in [0.2, 0.25) is 5.95 Å². The van der Waals surface area contributed by atoms with Crippen molar-refractivity contribution >= 4 is 33.3 Å². The largest absolute Gasteiger partial charge is 0.391 e. The Bertz CT molecular complexity index is 612. The molecule has 0 aliphatic heterocycles. The molecule has 0 spiro atoms. The highest BCUT2D eigenvalue weighted by atomic mass is 32.1. The molecule has 6 heteroatoms. The number of hydrogen-bond acceptors (Lipinski definition) is 6. The Morgan fingerprint density at radius 3 is 2.85 bits per heavy atom. The molecule has 0 radical (unpaired) electrons. The van der Waals surface area contributed by atoms with Crippen molar-refractivity contribution in [2.45, 2.75) is 44.8 Å². The maximum absolute atomic E-state index is 10.1. The fraction of sp³-hybridized carbons (Fsp3) is 0.571. The third-order valence-corrected chi connectivity index (χ3v) is 4.74. The van der Waals surface area contributed by atoms with E-state index in [-0.39, 0.29) is 12.1 Å². The van der Waals surface area contributed by atoms with Crippen LogP contribution in [-0.2, 0) is 0 Å². The number of thiophene rings is 1. The van der Waals surface area contributed by atoms with Gasteiger partial charge in [0, 0.05) is 11.9 Å². The lowest BCUT2D eigenvalue weighted by atomic mass is 9.92. The number of aromatic nitrogens is 2. The first-order valence-corrected chi connectivity index (χ1v) is 7.89. The van der Waals surface area contributed by atoms with E-state index in [9.17, 15) is 5.11 Å². The van der Waals surface area contributed by atoms with E-state index in [0.29, 0.717) is 5.95 Å². The maximum atomic E-state index is 10.1. The van der Waals surface area contributed by atoms with Crippen LogP contribution in [0.15, 0.2) is 6.07 Å². The molecule has 5 nitrogen and oxygen atoms in total. The van der Waals surface area contributed by atoms with E-state index in [4.69, 9.17) is 0 Å². The molecule has 0 saturated heterocycles. The normalized spacial score (nSPS) is 22.9. The number of rotatable bonds is 3. The molecule has 1 aliphatic rings. The van der Waals surface area contributed by atoms with Crippen molar-refractivity contribution in [1.29, 1.82) is 0 Å². The lowest BCUT2D eigenvalue weighted by Gasteiger charge is -2.29. The van der Waals surface area contributed by atoms with Crippen molar-refractivity contribution in [1.82, 2.24) is 9.97 Å². The molecule has 0 bridgehead atoms. The van der Waals surface area contributed by atoms with Crippen LogP contribution < -0.4 is 10.6 Å². The van der Waals surface area contributed by atoms with Gasteiger partial charge >= 0.3 is 0 Å². The average molecular weight is 292 g/mol. The molecule has 0 amide bonds. The Balaban J connectivity index is 1.96. The zero-order valence-electron chi connectivity index (χ0n) is 11.8. The van der Waals surface area contributed by atoms with Crippen LogP contribution in [0.2, 0.25) is 0 Å². The van der Waals surface area contributed by atoms with Gasteiger partial charge in [-0.1, -0.05) is 12.8 Å². The Hall–Kier alpha value is -1.40. The Labute approximate surface area is 122 Å². The predicted molar refractivity (Wildman–Crippen MR) is 83.6 cm³/mol. The van der Waals surface area contributed by atoms with E-state index in [1.54, 1.807) is 11.3 Å². The second-order valence-corrected chi connectivity index (χ2v) is 6.56. The number of hydrogen-bond donors (Lipinski definition) is 3. The average Bonchev–Trinajstić information content (AvgIpc) is 2.81. The van der Waals surface area contributed by atoms with Crippen molar-refractivity contribution in [3.8, 4) is 0 Å². The summed E-state index contributed by atoms with van der Waals surface area (Å²) in [5.41, 5.74) is 0. The van der Waals surface area contributed by atoms with Gasteiger partial charge in [-0.15, -0.1) is 11.3 Å². The lowest BCUT2D eigenvalue weighted by Crippen LogP contribution is -2.36. The highest BCUT2D eigenvalue weighted by Crippen LogP contribution is 2.31. The summed E-state index contributed by atoms with van der Waals surface area (Å²) in [6.45, 7) is 2.07. The van der Waals surface area contributed by atoms with Crippen molar-refractivity contribution in [2.24, 2.45) is 0 Å². The fourth-order valence-corrected chi connectivity index (χ4v) is 3.60. The van der Waals surface area contributed by atoms with E-state index in [1.807, 2.05) is 7.05 Å². The smallest absolute Gasteiger partial charge is 0.225 e. The predicted octanol–water partition coefficient (Wildman–Crippen LogP) is 2.76. The second-order valence-electron chi connectivity index (χ2n) is 5.32. The van der Waals surface area contributed by atoms with Crippen LogP contribution in [0, 0.1) is 6.92 Å². The first-order valence-electron chi connectivity index (χ1n) is 7.08. The van der Waals surface area contributed by atoms with Gasteiger partial charge in [0.15, 0.2) is 0 Å². The number of fused-ring (bicyclic) bond motifs is 1. The van der Waals surface area contributed by atoms with E-state index >= 15 is 0 Å². The SMILES string of the molecule is CNc1nc(NC2CCCCC2O)c2cc(C)sc2n1. The van der Waals surface area contributed by atoms with Crippen LogP contribution in [0.25, 0.3) is 10.2 Å². The molecule has 108 valence electrons. The van der Waals surface area contributed by atoms with Gasteiger partial charge < -0.3 is 15.7 Å². The topological polar surface area (TPSA) is 70.1 Å². The molecule has 2 unspecified atom stereocenters. The summed E-state index contributed by atoms with van der Waals surface area (Å²) in [5.74, 6) is 1.45. The minimum Gasteiger partial charge on any atom is -0.391 e. The summed E-state index contributed by atoms with van der Waals surface area (Å²) in [7, 11) is 1.82. The molecular weight excluding hydrogens is 272 g/mol. The Morgan fingerprint density at radius 2 is 2.10 bits per heavy atom. The summed E-state index contributed by atoms with van der Waals surface area (Å²) in [4.78, 5) is 11.2. The monoisotopic (exact) mass is 292 g/mol. The molecule has 2 aromatic heterocycles. The lowest BCUT2D eigenvalue weighted by molar-refractivity contribution is 0.116. The molecule has 2 aromatic rings. The van der Waals surface area contributed by atoms with E-state index in [0.717, 1.165) is 41.7 Å². The summed E-state index contributed by atoms with van der Waals surface area (Å²) >= 11 is 1.67. The summed E-state index contributed by atoms with van der Waals surface area (Å²) in [5, 5.41) is 17.6. The molecule has 20 heavy (non-hydrogen) atoms. The first kappa shape index (κ1) is 13.6. The molecule has 1 aliphatic carbocycles. The quantitative estimate of drug-likeness (QED) is 0.811. The highest BCUT2D eigenvalue weighted by molar-refractivity contribution is 7.18. The third-order valence-electron chi connectivity index (χ3n) is 3.79. The Kier molecular flexibility index (Phi) is 3.76. The number of aryl methyl sites for hydroxylation is 1. The van der Waals surface area contributed by atoms with E-state index in [2.05, 4.69) is 33.6 Å². The number of aliphatic hydroxyl groups excluding tert-OH is 1.